The Morgan fingerprint density at radius 1 is 0.581 bits per heavy atom. The molecule has 356 valence electrons. The summed E-state index contributed by atoms with van der Waals surface area (Å²) < 4.78 is 39.2. The molecule has 62 heavy (non-hydrogen) atoms. The van der Waals surface area contributed by atoms with Crippen LogP contribution in [0.5, 0.6) is 0 Å². The van der Waals surface area contributed by atoms with Gasteiger partial charge in [-0.3, -0.25) is 18.6 Å². The summed E-state index contributed by atoms with van der Waals surface area (Å²) in [5.41, 5.74) is 0. The zero-order chi connectivity index (χ0) is 45.4. The first-order chi connectivity index (χ1) is 29.9. The molecule has 0 spiro atoms. The van der Waals surface area contributed by atoms with Crippen LogP contribution in [0.25, 0.3) is 0 Å². The number of epoxide rings is 1. The van der Waals surface area contributed by atoms with Crippen LogP contribution >= 0.6 is 7.82 Å². The number of ether oxygens (including phenoxy) is 3. The molecule has 0 aromatic heterocycles. The second kappa shape index (κ2) is 33.9. The maximum atomic E-state index is 12.8. The van der Waals surface area contributed by atoms with Crippen molar-refractivity contribution in [3.8, 4) is 0 Å². The third-order valence-electron chi connectivity index (χ3n) is 10.8. The van der Waals surface area contributed by atoms with E-state index in [1.54, 1.807) is 0 Å². The van der Waals surface area contributed by atoms with Crippen LogP contribution in [-0.2, 0) is 37.4 Å². The molecule has 0 amide bonds. The maximum Gasteiger partial charge on any atom is 0.472 e. The molecule has 1 saturated heterocycles. The molecule has 1 heterocycles. The minimum atomic E-state index is -5.14. The molecule has 14 nitrogen and oxygen atoms in total. The van der Waals surface area contributed by atoms with E-state index in [0.29, 0.717) is 31.5 Å². The minimum absolute atomic E-state index is 0.0616. The van der Waals surface area contributed by atoms with Crippen LogP contribution in [0.2, 0.25) is 0 Å². The summed E-state index contributed by atoms with van der Waals surface area (Å²) in [6.45, 7) is 3.17. The first kappa shape index (κ1) is 55.6. The standard InChI is InChI=1S/C47H79O14P/c1-3-5-7-8-9-10-11-12-13-14-15-16-17-18-22-25-29-33-40(48)57-35-37(36-58-62(55,56)61-47-45(53)43(51)42(50)44(52)46(47)54)59-41(49)34-30-26-23-20-19-21-24-28-32-39-38(60-39)31-27-6-4-2/h9-10,12-13,15-16,18,22,24,28,37-39,42-47,50-54H,3-8,11,14,17,19-21,23,25-27,29-36H2,1-2H3,(H,55,56)/b10-9-,13-12-,16-15-,22-18-,28-24-/t37-,38?,39?,42?,43-,44+,45-,46-,47?/m1/s1. The lowest BCUT2D eigenvalue weighted by atomic mass is 9.85. The van der Waals surface area contributed by atoms with E-state index in [2.05, 4.69) is 62.5 Å². The Kier molecular flexibility index (Phi) is 30.5. The van der Waals surface area contributed by atoms with Gasteiger partial charge in [0.05, 0.1) is 18.8 Å². The fourth-order valence-corrected chi connectivity index (χ4v) is 7.85. The summed E-state index contributed by atoms with van der Waals surface area (Å²) in [7, 11) is -5.14. The summed E-state index contributed by atoms with van der Waals surface area (Å²) in [5, 5.41) is 50.2. The lowest BCUT2D eigenvalue weighted by Crippen LogP contribution is -2.64. The summed E-state index contributed by atoms with van der Waals surface area (Å²) in [6.07, 6.45) is 28.8. The number of unbranched alkanes of at least 4 members (excludes halogenated alkanes) is 11. The van der Waals surface area contributed by atoms with Crippen molar-refractivity contribution in [2.24, 2.45) is 0 Å². The fourth-order valence-electron chi connectivity index (χ4n) is 6.87. The second-order valence-corrected chi connectivity index (χ2v) is 17.7. The molecule has 1 aliphatic carbocycles. The molecule has 0 radical (unpaired) electrons. The largest absolute Gasteiger partial charge is 0.472 e. The topological polar surface area (TPSA) is 222 Å². The Balaban J connectivity index is 1.74. The van der Waals surface area contributed by atoms with Gasteiger partial charge >= 0.3 is 19.8 Å². The van der Waals surface area contributed by atoms with Gasteiger partial charge < -0.3 is 44.6 Å². The van der Waals surface area contributed by atoms with E-state index < -0.39 is 75.7 Å². The highest BCUT2D eigenvalue weighted by molar-refractivity contribution is 7.47. The van der Waals surface area contributed by atoms with Crippen molar-refractivity contribution in [3.63, 3.8) is 0 Å². The molecule has 6 N–H and O–H groups in total. The first-order valence-electron chi connectivity index (χ1n) is 23.2. The monoisotopic (exact) mass is 899 g/mol. The number of rotatable bonds is 36. The van der Waals surface area contributed by atoms with E-state index >= 15 is 0 Å². The Morgan fingerprint density at radius 3 is 1.71 bits per heavy atom. The zero-order valence-corrected chi connectivity index (χ0v) is 38.2. The number of esters is 2. The molecule has 0 bridgehead atoms. The van der Waals surface area contributed by atoms with Gasteiger partial charge in [-0.1, -0.05) is 126 Å². The molecule has 5 unspecified atom stereocenters. The van der Waals surface area contributed by atoms with Gasteiger partial charge in [0.15, 0.2) is 6.10 Å². The van der Waals surface area contributed by atoms with Gasteiger partial charge in [-0.25, -0.2) is 4.57 Å². The highest BCUT2D eigenvalue weighted by Crippen LogP contribution is 2.47. The van der Waals surface area contributed by atoms with Crippen LogP contribution in [0, 0.1) is 0 Å². The third-order valence-corrected chi connectivity index (χ3v) is 11.7. The molecule has 0 aromatic rings. The Labute approximate surface area is 370 Å². The quantitative estimate of drug-likeness (QED) is 0.0116. The van der Waals surface area contributed by atoms with Crippen molar-refractivity contribution >= 4 is 19.8 Å². The summed E-state index contributed by atoms with van der Waals surface area (Å²) in [5.74, 6) is -1.19. The number of phosphoric ester groups is 1. The lowest BCUT2D eigenvalue weighted by molar-refractivity contribution is -0.220. The lowest BCUT2D eigenvalue weighted by Gasteiger charge is -2.41. The van der Waals surface area contributed by atoms with E-state index in [9.17, 15) is 44.6 Å². The van der Waals surface area contributed by atoms with Crippen molar-refractivity contribution < 1.29 is 67.8 Å². The molecule has 2 rings (SSSR count). The highest BCUT2D eigenvalue weighted by atomic mass is 31.2. The van der Waals surface area contributed by atoms with Gasteiger partial charge in [0.1, 0.15) is 43.2 Å². The average Bonchev–Trinajstić information content (AvgIpc) is 4.01. The van der Waals surface area contributed by atoms with Crippen molar-refractivity contribution in [2.75, 3.05) is 13.2 Å². The van der Waals surface area contributed by atoms with Crippen LogP contribution in [-0.4, -0.2) is 111 Å². The number of hydrogen-bond donors (Lipinski definition) is 6. The van der Waals surface area contributed by atoms with Gasteiger partial charge in [-0.05, 0) is 77.0 Å². The molecule has 15 heteroatoms. The van der Waals surface area contributed by atoms with Crippen LogP contribution in [0.15, 0.2) is 60.8 Å². The van der Waals surface area contributed by atoms with Crippen LogP contribution in [0.4, 0.5) is 0 Å². The van der Waals surface area contributed by atoms with Crippen LogP contribution < -0.4 is 0 Å². The number of hydrogen-bond acceptors (Lipinski definition) is 13. The average molecular weight is 899 g/mol. The zero-order valence-electron chi connectivity index (χ0n) is 37.3. The van der Waals surface area contributed by atoms with Crippen LogP contribution in [0.3, 0.4) is 0 Å². The van der Waals surface area contributed by atoms with Crippen molar-refractivity contribution in [1.82, 2.24) is 0 Å². The Morgan fingerprint density at radius 2 is 1.08 bits per heavy atom. The van der Waals surface area contributed by atoms with Gasteiger partial charge in [-0.15, -0.1) is 0 Å². The molecule has 1 saturated carbocycles. The number of allylic oxidation sites excluding steroid dienone is 9. The van der Waals surface area contributed by atoms with Crippen molar-refractivity contribution in [3.05, 3.63) is 60.8 Å². The van der Waals surface area contributed by atoms with E-state index in [1.165, 1.54) is 38.5 Å². The minimum Gasteiger partial charge on any atom is -0.462 e. The fraction of sp³-hybridized carbons (Fsp3) is 0.745. The molecule has 1 aliphatic heterocycles. The van der Waals surface area contributed by atoms with Gasteiger partial charge in [0, 0.05) is 12.8 Å². The number of carbonyl (C=O) groups excluding carboxylic acids is 2. The summed E-state index contributed by atoms with van der Waals surface area (Å²) in [6, 6.07) is 0. The molecular weight excluding hydrogens is 819 g/mol. The normalized spacial score (nSPS) is 25.7. The number of aliphatic hydroxyl groups excluding tert-OH is 5. The van der Waals surface area contributed by atoms with E-state index in [4.69, 9.17) is 23.3 Å². The predicted octanol–water partition coefficient (Wildman–Crippen LogP) is 7.93. The summed E-state index contributed by atoms with van der Waals surface area (Å²) >= 11 is 0. The van der Waals surface area contributed by atoms with E-state index in [1.807, 2.05) is 12.2 Å². The SMILES string of the molecule is CCCCC/C=C\C/C=C\C/C=C\C/C=C\CCCC(=O)OC[C@H](COP(=O)(O)OC1[C@H](O)[C@H](O)C(O)[C@H](O)[C@H]1O)OC(=O)CCCCCCC/C=C\CC1OC1CCCCC. The van der Waals surface area contributed by atoms with Gasteiger partial charge in [0.2, 0.25) is 0 Å². The molecule has 2 aliphatic rings. The van der Waals surface area contributed by atoms with Gasteiger partial charge in [-0.2, -0.15) is 0 Å². The predicted molar refractivity (Wildman–Crippen MR) is 239 cm³/mol. The Bertz CT molecular complexity index is 1380. The first-order valence-corrected chi connectivity index (χ1v) is 24.7. The van der Waals surface area contributed by atoms with Crippen LogP contribution in [0.1, 0.15) is 155 Å². The van der Waals surface area contributed by atoms with Crippen molar-refractivity contribution in [2.45, 2.75) is 210 Å². The molecular formula is C47H79O14P. The van der Waals surface area contributed by atoms with E-state index in [0.717, 1.165) is 70.6 Å². The third kappa shape index (κ3) is 25.7. The Hall–Kier alpha value is -2.49. The molecule has 2 fully saturated rings. The maximum absolute atomic E-state index is 12.8. The second-order valence-electron chi connectivity index (χ2n) is 16.3. The smallest absolute Gasteiger partial charge is 0.462 e. The molecule has 0 aromatic carbocycles. The van der Waals surface area contributed by atoms with Crippen molar-refractivity contribution in [1.29, 1.82) is 0 Å². The molecule has 10 atom stereocenters. The number of carbonyl (C=O) groups is 2. The number of phosphoric acid groups is 1. The highest BCUT2D eigenvalue weighted by Gasteiger charge is 2.51. The number of aliphatic hydroxyl groups is 5. The van der Waals surface area contributed by atoms with Gasteiger partial charge in [0.25, 0.3) is 0 Å². The summed E-state index contributed by atoms with van der Waals surface area (Å²) in [4.78, 5) is 35.7. The van der Waals surface area contributed by atoms with E-state index in [-0.39, 0.29) is 12.8 Å².